The fourth-order valence-corrected chi connectivity index (χ4v) is 4.75. The zero-order valence-corrected chi connectivity index (χ0v) is 21.4. The third kappa shape index (κ3) is 7.96. The van der Waals surface area contributed by atoms with Crippen molar-refractivity contribution in [3.05, 3.63) is 107 Å². The Balaban J connectivity index is 1.86. The molecule has 3 aromatic rings. The fourth-order valence-electron chi connectivity index (χ4n) is 3.85. The molecule has 0 radical (unpaired) electrons. The van der Waals surface area contributed by atoms with Crippen LogP contribution >= 0.6 is 11.8 Å². The highest BCUT2D eigenvalue weighted by atomic mass is 32.2. The molecular weight excluding hydrogens is 459 g/mol. The molecule has 6 heteroatoms. The highest BCUT2D eigenvalue weighted by molar-refractivity contribution is 7.99. The monoisotopic (exact) mass is 492 g/mol. The van der Waals surface area contributed by atoms with Gasteiger partial charge in [-0.2, -0.15) is 0 Å². The first-order valence-corrected chi connectivity index (χ1v) is 13.0. The van der Waals surface area contributed by atoms with Gasteiger partial charge < -0.3 is 10.2 Å². The predicted molar refractivity (Wildman–Crippen MR) is 142 cm³/mol. The van der Waals surface area contributed by atoms with E-state index >= 15 is 0 Å². The van der Waals surface area contributed by atoms with Gasteiger partial charge in [0.2, 0.25) is 11.8 Å². The molecule has 1 unspecified atom stereocenters. The van der Waals surface area contributed by atoms with Gasteiger partial charge in [-0.1, -0.05) is 72.8 Å². The van der Waals surface area contributed by atoms with Crippen molar-refractivity contribution in [3.63, 3.8) is 0 Å². The number of aryl methyl sites for hydroxylation is 1. The van der Waals surface area contributed by atoms with Crippen molar-refractivity contribution in [3.8, 4) is 0 Å². The molecule has 35 heavy (non-hydrogen) atoms. The number of rotatable bonds is 11. The van der Waals surface area contributed by atoms with Crippen molar-refractivity contribution in [1.82, 2.24) is 10.2 Å². The number of nitrogens with zero attached hydrogens (tertiary/aromatic N) is 1. The van der Waals surface area contributed by atoms with Gasteiger partial charge in [0.05, 0.1) is 5.75 Å². The highest BCUT2D eigenvalue weighted by Gasteiger charge is 2.30. The standard InChI is InChI=1S/C29H33FN2O2S/c1-21(2)31-29(34)27(17-23-12-5-4-6-13-23)32(18-24-14-8-7-11-22(24)3)28(33)20-35-19-25-15-9-10-16-26(25)30/h4-16,21,27H,17-20H2,1-3H3,(H,31,34). The van der Waals surface area contributed by atoms with Crippen LogP contribution in [0.1, 0.15) is 36.1 Å². The molecule has 0 bridgehead atoms. The van der Waals surface area contributed by atoms with Gasteiger partial charge in [-0.25, -0.2) is 4.39 Å². The summed E-state index contributed by atoms with van der Waals surface area (Å²) in [7, 11) is 0. The lowest BCUT2D eigenvalue weighted by Gasteiger charge is -2.32. The number of hydrogen-bond acceptors (Lipinski definition) is 3. The Bertz CT molecular complexity index is 1120. The number of amides is 2. The number of halogens is 1. The number of carbonyl (C=O) groups is 2. The second-order valence-electron chi connectivity index (χ2n) is 8.90. The Labute approximate surface area is 211 Å². The van der Waals surface area contributed by atoms with Gasteiger partial charge in [0.1, 0.15) is 11.9 Å². The summed E-state index contributed by atoms with van der Waals surface area (Å²) in [5.74, 6) is -0.0553. The Hall–Kier alpha value is -3.12. The molecule has 2 amide bonds. The quantitative estimate of drug-likeness (QED) is 0.383. The summed E-state index contributed by atoms with van der Waals surface area (Å²) in [5.41, 5.74) is 3.61. The van der Waals surface area contributed by atoms with E-state index in [0.29, 0.717) is 24.3 Å². The summed E-state index contributed by atoms with van der Waals surface area (Å²) in [4.78, 5) is 28.6. The summed E-state index contributed by atoms with van der Waals surface area (Å²) in [6.07, 6.45) is 0.412. The smallest absolute Gasteiger partial charge is 0.243 e. The molecule has 3 aromatic carbocycles. The zero-order chi connectivity index (χ0) is 25.2. The maximum absolute atomic E-state index is 14.0. The zero-order valence-electron chi connectivity index (χ0n) is 20.5. The lowest BCUT2D eigenvalue weighted by atomic mass is 10.0. The summed E-state index contributed by atoms with van der Waals surface area (Å²) in [6.45, 7) is 6.16. The first kappa shape index (κ1) is 26.5. The van der Waals surface area contributed by atoms with Crippen molar-refractivity contribution in [2.45, 2.75) is 51.6 Å². The Kier molecular flexibility index (Phi) is 9.91. The third-order valence-corrected chi connectivity index (χ3v) is 6.71. The van der Waals surface area contributed by atoms with Crippen LogP contribution in [0, 0.1) is 12.7 Å². The summed E-state index contributed by atoms with van der Waals surface area (Å²) < 4.78 is 14.0. The third-order valence-electron chi connectivity index (χ3n) is 5.74. The van der Waals surface area contributed by atoms with Gasteiger partial charge in [0.25, 0.3) is 0 Å². The van der Waals surface area contributed by atoms with Crippen LogP contribution in [0.15, 0.2) is 78.9 Å². The average Bonchev–Trinajstić information content (AvgIpc) is 2.83. The predicted octanol–water partition coefficient (Wildman–Crippen LogP) is 5.53. The van der Waals surface area contributed by atoms with Gasteiger partial charge in [-0.3, -0.25) is 9.59 Å². The summed E-state index contributed by atoms with van der Waals surface area (Å²) >= 11 is 1.36. The molecule has 0 aliphatic rings. The molecule has 0 aliphatic heterocycles. The van der Waals surface area contributed by atoms with E-state index in [9.17, 15) is 14.0 Å². The van der Waals surface area contributed by atoms with Gasteiger partial charge in [0, 0.05) is 24.8 Å². The number of carbonyl (C=O) groups excluding carboxylic acids is 2. The SMILES string of the molecule is Cc1ccccc1CN(C(=O)CSCc1ccccc1F)C(Cc1ccccc1)C(=O)NC(C)C. The lowest BCUT2D eigenvalue weighted by molar-refractivity contribution is -0.139. The molecule has 1 N–H and O–H groups in total. The van der Waals surface area contributed by atoms with E-state index in [1.165, 1.54) is 17.8 Å². The van der Waals surface area contributed by atoms with Crippen LogP contribution in [-0.4, -0.2) is 34.6 Å². The van der Waals surface area contributed by atoms with Crippen LogP contribution in [0.4, 0.5) is 4.39 Å². The fraction of sp³-hybridized carbons (Fsp3) is 0.310. The molecule has 4 nitrogen and oxygen atoms in total. The maximum Gasteiger partial charge on any atom is 0.243 e. The van der Waals surface area contributed by atoms with Crippen LogP contribution in [0.2, 0.25) is 0 Å². The average molecular weight is 493 g/mol. The van der Waals surface area contributed by atoms with Crippen LogP contribution in [0.3, 0.4) is 0 Å². The molecule has 0 heterocycles. The first-order chi connectivity index (χ1) is 16.8. The van der Waals surface area contributed by atoms with E-state index in [1.807, 2.05) is 75.4 Å². The molecule has 0 fully saturated rings. The van der Waals surface area contributed by atoms with Crippen LogP contribution in [-0.2, 0) is 28.3 Å². The van der Waals surface area contributed by atoms with E-state index < -0.39 is 6.04 Å². The van der Waals surface area contributed by atoms with Gasteiger partial charge in [-0.05, 0) is 49.1 Å². The summed E-state index contributed by atoms with van der Waals surface area (Å²) in [5, 5.41) is 3.00. The first-order valence-electron chi connectivity index (χ1n) is 11.8. The molecule has 0 saturated carbocycles. The van der Waals surface area contributed by atoms with Crippen molar-refractivity contribution >= 4 is 23.6 Å². The molecular formula is C29H33FN2O2S. The second kappa shape index (κ2) is 13.1. The summed E-state index contributed by atoms with van der Waals surface area (Å²) in [6, 6.07) is 23.5. The number of hydrogen-bond donors (Lipinski definition) is 1. The molecule has 0 spiro atoms. The Morgan fingerprint density at radius 1 is 0.914 bits per heavy atom. The van der Waals surface area contributed by atoms with E-state index in [4.69, 9.17) is 0 Å². The minimum atomic E-state index is -0.666. The number of benzene rings is 3. The van der Waals surface area contributed by atoms with Crippen LogP contribution in [0.5, 0.6) is 0 Å². The molecule has 0 saturated heterocycles. The van der Waals surface area contributed by atoms with Crippen LogP contribution in [0.25, 0.3) is 0 Å². The molecule has 1 atom stereocenters. The minimum Gasteiger partial charge on any atom is -0.352 e. The Morgan fingerprint density at radius 2 is 1.54 bits per heavy atom. The normalized spacial score (nSPS) is 11.8. The van der Waals surface area contributed by atoms with Crippen molar-refractivity contribution < 1.29 is 14.0 Å². The minimum absolute atomic E-state index is 0.0494. The Morgan fingerprint density at radius 3 is 2.20 bits per heavy atom. The van der Waals surface area contributed by atoms with Gasteiger partial charge >= 0.3 is 0 Å². The maximum atomic E-state index is 14.0. The second-order valence-corrected chi connectivity index (χ2v) is 9.89. The van der Waals surface area contributed by atoms with Crippen molar-refractivity contribution in [2.24, 2.45) is 0 Å². The van der Waals surface area contributed by atoms with Crippen molar-refractivity contribution in [2.75, 3.05) is 5.75 Å². The van der Waals surface area contributed by atoms with Gasteiger partial charge in [0.15, 0.2) is 0 Å². The van der Waals surface area contributed by atoms with Gasteiger partial charge in [-0.15, -0.1) is 11.8 Å². The molecule has 3 rings (SSSR count). The lowest BCUT2D eigenvalue weighted by Crippen LogP contribution is -2.52. The van der Waals surface area contributed by atoms with Crippen molar-refractivity contribution in [1.29, 1.82) is 0 Å². The molecule has 0 aromatic heterocycles. The highest BCUT2D eigenvalue weighted by Crippen LogP contribution is 2.20. The van der Waals surface area contributed by atoms with Crippen LogP contribution < -0.4 is 5.32 Å². The van der Waals surface area contributed by atoms with E-state index in [1.54, 1.807) is 23.1 Å². The molecule has 0 aliphatic carbocycles. The number of nitrogens with one attached hydrogen (secondary N) is 1. The van der Waals surface area contributed by atoms with E-state index in [0.717, 1.165) is 16.7 Å². The van der Waals surface area contributed by atoms with E-state index in [-0.39, 0.29) is 29.4 Å². The molecule has 184 valence electrons. The largest absolute Gasteiger partial charge is 0.352 e. The topological polar surface area (TPSA) is 49.4 Å². The van der Waals surface area contributed by atoms with E-state index in [2.05, 4.69) is 5.32 Å². The number of thioether (sulfide) groups is 1.